The zero-order chi connectivity index (χ0) is 12.3. The van der Waals surface area contributed by atoms with Gasteiger partial charge in [-0.1, -0.05) is 27.2 Å². The molecule has 0 saturated carbocycles. The molecule has 1 unspecified atom stereocenters. The number of halogens is 2. The zero-order valence-corrected chi connectivity index (χ0v) is 10.7. The van der Waals surface area contributed by atoms with Gasteiger partial charge >= 0.3 is 0 Å². The quantitative estimate of drug-likeness (QED) is 0.943. The van der Waals surface area contributed by atoms with Gasteiger partial charge in [-0.05, 0) is 19.1 Å². The van der Waals surface area contributed by atoms with Crippen molar-refractivity contribution in [3.63, 3.8) is 0 Å². The summed E-state index contributed by atoms with van der Waals surface area (Å²) in [6.07, 6.45) is 1.27. The van der Waals surface area contributed by atoms with Crippen molar-refractivity contribution in [2.24, 2.45) is 0 Å². The van der Waals surface area contributed by atoms with E-state index in [-0.39, 0.29) is 11.9 Å². The minimum absolute atomic E-state index is 0.124. The van der Waals surface area contributed by atoms with Crippen LogP contribution in [0.2, 0.25) is 0 Å². The number of aromatic nitrogens is 2. The topological polar surface area (TPSA) is 51.0 Å². The summed E-state index contributed by atoms with van der Waals surface area (Å²) >= 11 is 3.22. The Hall–Kier alpha value is -1.27. The van der Waals surface area contributed by atoms with Gasteiger partial charge in [-0.2, -0.15) is 4.98 Å². The molecule has 0 aliphatic rings. The van der Waals surface area contributed by atoms with Gasteiger partial charge in [0.2, 0.25) is 6.39 Å². The standard InChI is InChI=1S/C11H11BrFN3O/c1-7(14-5-11-15-6-17-16-11)9-3-2-8(12)4-10(9)13/h2-4,6-7,14H,5H2,1H3. The zero-order valence-electron chi connectivity index (χ0n) is 9.15. The lowest BCUT2D eigenvalue weighted by atomic mass is 10.1. The van der Waals surface area contributed by atoms with E-state index in [1.54, 1.807) is 6.07 Å². The highest BCUT2D eigenvalue weighted by atomic mass is 79.9. The predicted octanol–water partition coefficient (Wildman–Crippen LogP) is 2.82. The van der Waals surface area contributed by atoms with Crippen molar-refractivity contribution in [3.8, 4) is 0 Å². The first-order valence-electron chi connectivity index (χ1n) is 5.10. The van der Waals surface area contributed by atoms with Crippen LogP contribution >= 0.6 is 15.9 Å². The highest BCUT2D eigenvalue weighted by Crippen LogP contribution is 2.20. The Bertz CT molecular complexity index is 489. The van der Waals surface area contributed by atoms with Gasteiger partial charge in [0, 0.05) is 16.1 Å². The molecule has 0 spiro atoms. The molecule has 17 heavy (non-hydrogen) atoms. The molecule has 0 saturated heterocycles. The van der Waals surface area contributed by atoms with Crippen LogP contribution in [-0.4, -0.2) is 10.1 Å². The van der Waals surface area contributed by atoms with E-state index in [4.69, 9.17) is 0 Å². The lowest BCUT2D eigenvalue weighted by Crippen LogP contribution is -2.19. The summed E-state index contributed by atoms with van der Waals surface area (Å²) in [5.74, 6) is 0.307. The lowest BCUT2D eigenvalue weighted by molar-refractivity contribution is 0.404. The van der Waals surface area contributed by atoms with Crippen molar-refractivity contribution in [3.05, 3.63) is 46.3 Å². The molecule has 1 aromatic heterocycles. The summed E-state index contributed by atoms with van der Waals surface area (Å²) in [6, 6.07) is 4.88. The van der Waals surface area contributed by atoms with E-state index in [0.717, 1.165) is 4.47 Å². The monoisotopic (exact) mass is 299 g/mol. The van der Waals surface area contributed by atoms with Crippen LogP contribution in [-0.2, 0) is 6.54 Å². The normalized spacial score (nSPS) is 12.6. The number of benzene rings is 1. The number of nitrogens with one attached hydrogen (secondary N) is 1. The average Bonchev–Trinajstić information content (AvgIpc) is 2.78. The Morgan fingerprint density at radius 3 is 3.00 bits per heavy atom. The largest absolute Gasteiger partial charge is 0.343 e. The summed E-state index contributed by atoms with van der Waals surface area (Å²) < 4.78 is 19.0. The van der Waals surface area contributed by atoms with Crippen molar-refractivity contribution in [2.75, 3.05) is 0 Å². The van der Waals surface area contributed by atoms with Gasteiger partial charge in [0.05, 0.1) is 6.54 Å². The third kappa shape index (κ3) is 3.10. The van der Waals surface area contributed by atoms with E-state index in [2.05, 4.69) is 35.9 Å². The summed E-state index contributed by atoms with van der Waals surface area (Å²) in [5.41, 5.74) is 0.608. The van der Waals surface area contributed by atoms with Gasteiger partial charge in [-0.3, -0.25) is 0 Å². The first kappa shape index (κ1) is 12.2. The fourth-order valence-electron chi connectivity index (χ4n) is 1.48. The Balaban J connectivity index is 2.01. The second kappa shape index (κ2) is 5.37. The van der Waals surface area contributed by atoms with E-state index in [1.165, 1.54) is 12.5 Å². The lowest BCUT2D eigenvalue weighted by Gasteiger charge is -2.13. The van der Waals surface area contributed by atoms with Crippen LogP contribution in [0.1, 0.15) is 24.4 Å². The number of rotatable bonds is 4. The summed E-state index contributed by atoms with van der Waals surface area (Å²) in [5, 5.41) is 6.79. The molecule has 0 bridgehead atoms. The highest BCUT2D eigenvalue weighted by Gasteiger charge is 2.11. The van der Waals surface area contributed by atoms with Crippen LogP contribution in [0, 0.1) is 5.82 Å². The molecule has 1 aromatic carbocycles. The molecule has 2 aromatic rings. The van der Waals surface area contributed by atoms with E-state index in [1.807, 2.05) is 13.0 Å². The van der Waals surface area contributed by atoms with E-state index in [0.29, 0.717) is 17.9 Å². The van der Waals surface area contributed by atoms with Crippen molar-refractivity contribution < 1.29 is 8.91 Å². The molecule has 0 radical (unpaired) electrons. The molecule has 90 valence electrons. The molecule has 2 rings (SSSR count). The average molecular weight is 300 g/mol. The van der Waals surface area contributed by atoms with E-state index in [9.17, 15) is 4.39 Å². The Morgan fingerprint density at radius 2 is 2.35 bits per heavy atom. The first-order chi connectivity index (χ1) is 8.16. The predicted molar refractivity (Wildman–Crippen MR) is 63.7 cm³/mol. The maximum atomic E-state index is 13.6. The Labute approximate surface area is 106 Å². The van der Waals surface area contributed by atoms with Crippen LogP contribution in [0.3, 0.4) is 0 Å². The minimum atomic E-state index is -0.243. The molecule has 0 aliphatic carbocycles. The fraction of sp³-hybridized carbons (Fsp3) is 0.273. The SMILES string of the molecule is CC(NCc1ncon1)c1ccc(Br)cc1F. The fourth-order valence-corrected chi connectivity index (χ4v) is 1.81. The molecule has 1 heterocycles. The van der Waals surface area contributed by atoms with Crippen LogP contribution in [0.4, 0.5) is 4.39 Å². The van der Waals surface area contributed by atoms with Gasteiger partial charge in [0.15, 0.2) is 5.82 Å². The highest BCUT2D eigenvalue weighted by molar-refractivity contribution is 9.10. The third-order valence-corrected chi connectivity index (χ3v) is 2.90. The summed E-state index contributed by atoms with van der Waals surface area (Å²) in [6.45, 7) is 2.32. The van der Waals surface area contributed by atoms with Crippen LogP contribution in [0.5, 0.6) is 0 Å². The molecule has 1 atom stereocenters. The maximum absolute atomic E-state index is 13.6. The number of hydrogen-bond acceptors (Lipinski definition) is 4. The van der Waals surface area contributed by atoms with Crippen molar-refractivity contribution in [1.29, 1.82) is 0 Å². The van der Waals surface area contributed by atoms with Gasteiger partial charge in [-0.15, -0.1) is 0 Å². The van der Waals surface area contributed by atoms with Gasteiger partial charge < -0.3 is 9.84 Å². The van der Waals surface area contributed by atoms with Gasteiger partial charge in [0.25, 0.3) is 0 Å². The molecular weight excluding hydrogens is 289 g/mol. The molecular formula is C11H11BrFN3O. The number of hydrogen-bond donors (Lipinski definition) is 1. The van der Waals surface area contributed by atoms with Gasteiger partial charge in [0.1, 0.15) is 5.82 Å². The van der Waals surface area contributed by atoms with Crippen molar-refractivity contribution >= 4 is 15.9 Å². The Kier molecular flexibility index (Phi) is 3.86. The molecule has 0 fully saturated rings. The smallest absolute Gasteiger partial charge is 0.213 e. The number of nitrogens with zero attached hydrogens (tertiary/aromatic N) is 2. The molecule has 6 heteroatoms. The molecule has 1 N–H and O–H groups in total. The molecule has 0 amide bonds. The Morgan fingerprint density at radius 1 is 1.53 bits per heavy atom. The van der Waals surface area contributed by atoms with E-state index < -0.39 is 0 Å². The second-order valence-electron chi connectivity index (χ2n) is 3.62. The summed E-state index contributed by atoms with van der Waals surface area (Å²) in [4.78, 5) is 3.88. The van der Waals surface area contributed by atoms with Crippen molar-refractivity contribution in [1.82, 2.24) is 15.5 Å². The van der Waals surface area contributed by atoms with E-state index >= 15 is 0 Å². The van der Waals surface area contributed by atoms with Gasteiger partial charge in [-0.25, -0.2) is 4.39 Å². The van der Waals surface area contributed by atoms with Crippen LogP contribution < -0.4 is 5.32 Å². The first-order valence-corrected chi connectivity index (χ1v) is 5.89. The second-order valence-corrected chi connectivity index (χ2v) is 4.53. The summed E-state index contributed by atoms with van der Waals surface area (Å²) in [7, 11) is 0. The minimum Gasteiger partial charge on any atom is -0.343 e. The van der Waals surface area contributed by atoms with Crippen LogP contribution in [0.25, 0.3) is 0 Å². The third-order valence-electron chi connectivity index (χ3n) is 2.40. The molecule has 0 aliphatic heterocycles. The molecule has 4 nitrogen and oxygen atoms in total. The maximum Gasteiger partial charge on any atom is 0.213 e. The van der Waals surface area contributed by atoms with Crippen LogP contribution in [0.15, 0.2) is 33.6 Å². The van der Waals surface area contributed by atoms with Crippen molar-refractivity contribution in [2.45, 2.75) is 19.5 Å².